The molecule has 2 aromatic rings. The van der Waals surface area contributed by atoms with Crippen LogP contribution in [0.25, 0.3) is 0 Å². The number of rotatable bonds is 0. The Hall–Kier alpha value is 0.518. The van der Waals surface area contributed by atoms with Crippen LogP contribution in [0.1, 0.15) is 0 Å². The van der Waals surface area contributed by atoms with Gasteiger partial charge >= 0.3 is 0 Å². The molecule has 0 aromatic carbocycles. The van der Waals surface area contributed by atoms with Crippen LogP contribution in [-0.4, -0.2) is 26.4 Å². The molecule has 0 saturated heterocycles. The Balaban J connectivity index is -0.000000184. The molecule has 90 valence electrons. The summed E-state index contributed by atoms with van der Waals surface area (Å²) in [5.74, 6) is 0. The van der Waals surface area contributed by atoms with E-state index < -0.39 is 0 Å². The number of nitrogens with one attached hydrogen (secondary N) is 3. The molecule has 0 spiro atoms. The number of aryl methyl sites for hydroxylation is 1. The number of hydrogen-bond donors (Lipinski definition) is 3. The molecule has 3 N–H and O–H groups in total. The van der Waals surface area contributed by atoms with Gasteiger partial charge in [0.05, 0.1) is 0 Å². The smallest absolute Gasteiger partial charge is 0.106 e. The number of aromatic nitrogens is 4. The molecule has 6 nitrogen and oxygen atoms in total. The second kappa shape index (κ2) is 14.6. The van der Waals surface area contributed by atoms with Gasteiger partial charge in [0.25, 0.3) is 0 Å². The molecule has 0 aliphatic carbocycles. The predicted octanol–water partition coefficient (Wildman–Crippen LogP) is -0.133. The second-order valence-electron chi connectivity index (χ2n) is 2.20. The van der Waals surface area contributed by atoms with Crippen LogP contribution < -0.4 is 11.1 Å². The Morgan fingerprint density at radius 3 is 1.88 bits per heavy atom. The van der Waals surface area contributed by atoms with Gasteiger partial charge in [0.1, 0.15) is 11.1 Å². The monoisotopic (exact) mass is 408 g/mol. The molecule has 0 atom stereocenters. The molecule has 2 aromatic heterocycles. The second-order valence-corrected chi connectivity index (χ2v) is 2.20. The van der Waals surface area contributed by atoms with E-state index in [4.69, 9.17) is 0 Å². The first-order chi connectivity index (χ1) is 7.20. The average Bonchev–Trinajstić information content (AvgIpc) is 2.84. The summed E-state index contributed by atoms with van der Waals surface area (Å²) in [6.45, 7) is 0. The van der Waals surface area contributed by atoms with Crippen LogP contribution in [0.2, 0.25) is 0 Å². The van der Waals surface area contributed by atoms with Crippen molar-refractivity contribution in [2.45, 2.75) is 0 Å². The van der Waals surface area contributed by atoms with E-state index in [-0.39, 0.29) is 76.5 Å². The van der Waals surface area contributed by atoms with E-state index in [2.05, 4.69) is 39.3 Å². The molecular formula is C8H11ClN4O2Y2-2. The zero-order chi connectivity index (χ0) is 11.7. The zero-order valence-corrected chi connectivity index (χ0v) is 15.9. The summed E-state index contributed by atoms with van der Waals surface area (Å²) >= 11 is 4.64. The minimum Gasteiger partial charge on any atom is -0.408 e. The fraction of sp³-hybridized carbons (Fsp3) is 0.250. The number of halogens is 1. The maximum absolute atomic E-state index is 10.3. The summed E-state index contributed by atoms with van der Waals surface area (Å²) < 4.78 is 1.35. The van der Waals surface area contributed by atoms with Gasteiger partial charge in [-0.15, -0.1) is 24.0 Å². The van der Waals surface area contributed by atoms with Crippen molar-refractivity contribution in [1.82, 2.24) is 20.0 Å². The average molecular weight is 408 g/mol. The van der Waals surface area contributed by atoms with Gasteiger partial charge in [-0.1, -0.05) is 0 Å². The first kappa shape index (κ1) is 22.7. The quantitative estimate of drug-likeness (QED) is 0.419. The van der Waals surface area contributed by atoms with E-state index in [1.165, 1.54) is 23.2 Å². The van der Waals surface area contributed by atoms with Crippen molar-refractivity contribution in [3.8, 4) is 0 Å². The molecule has 2 heterocycles. The van der Waals surface area contributed by atoms with Gasteiger partial charge in [-0.2, -0.15) is 12.1 Å². The predicted molar refractivity (Wildman–Crippen MR) is 56.9 cm³/mol. The molecule has 2 rings (SSSR count). The van der Waals surface area contributed by atoms with Crippen LogP contribution in [0.3, 0.4) is 0 Å². The number of nitrogens with zero attached hydrogens (tertiary/aromatic N) is 1. The summed E-state index contributed by atoms with van der Waals surface area (Å²) in [5.41, 5.74) is -0.199. The third-order valence-corrected chi connectivity index (χ3v) is 1.22. The first-order valence-corrected chi connectivity index (χ1v) is 4.59. The summed E-state index contributed by atoms with van der Waals surface area (Å²) in [5, 5.41) is 7.18. The van der Waals surface area contributed by atoms with Gasteiger partial charge in [-0.25, -0.2) is 0 Å². The molecule has 2 radical (unpaired) electrons. The fourth-order valence-electron chi connectivity index (χ4n) is 0.578. The first-order valence-electron chi connectivity index (χ1n) is 3.84. The minimum atomic E-state index is -0.144. The Labute approximate surface area is 154 Å². The third kappa shape index (κ3) is 11.3. The number of H-pyrrole nitrogens is 3. The van der Waals surface area contributed by atoms with Crippen LogP contribution in [0, 0.1) is 12.4 Å². The fourth-order valence-corrected chi connectivity index (χ4v) is 0.578. The zero-order valence-electron chi connectivity index (χ0n) is 9.45. The Morgan fingerprint density at radius 1 is 1.18 bits per heavy atom. The minimum absolute atomic E-state index is 0. The van der Waals surface area contributed by atoms with Crippen LogP contribution in [0.5, 0.6) is 0 Å². The van der Waals surface area contributed by atoms with Gasteiger partial charge in [0.2, 0.25) is 0 Å². The molecule has 0 unspecified atom stereocenters. The van der Waals surface area contributed by atoms with Gasteiger partial charge in [-0.05, 0) is 0 Å². The SMILES string of the molecule is CCl.Cn1[nH][c-]cc1=O.O=c1c[c-][nH][nH]1.[Y].[Y]. The van der Waals surface area contributed by atoms with E-state index in [1.807, 2.05) is 0 Å². The van der Waals surface area contributed by atoms with Crippen molar-refractivity contribution in [3.05, 3.63) is 45.2 Å². The van der Waals surface area contributed by atoms with Crippen molar-refractivity contribution in [3.63, 3.8) is 0 Å². The molecule has 0 aliphatic rings. The van der Waals surface area contributed by atoms with E-state index in [9.17, 15) is 9.59 Å². The molecule has 9 heteroatoms. The van der Waals surface area contributed by atoms with Crippen LogP contribution in [0.15, 0.2) is 21.7 Å². The maximum atomic E-state index is 10.3. The normalized spacial score (nSPS) is 7.24. The van der Waals surface area contributed by atoms with E-state index in [1.54, 1.807) is 7.05 Å². The molecule has 17 heavy (non-hydrogen) atoms. The van der Waals surface area contributed by atoms with Gasteiger partial charge in [0, 0.05) is 78.8 Å². The summed E-state index contributed by atoms with van der Waals surface area (Å²) in [4.78, 5) is 20.3. The van der Waals surface area contributed by atoms with E-state index in [0.29, 0.717) is 0 Å². The Kier molecular flexibility index (Phi) is 19.4. The molecular weight excluding hydrogens is 397 g/mol. The van der Waals surface area contributed by atoms with Crippen molar-refractivity contribution in [1.29, 1.82) is 0 Å². The van der Waals surface area contributed by atoms with Crippen molar-refractivity contribution in [2.75, 3.05) is 6.38 Å². The molecule has 0 fully saturated rings. The van der Waals surface area contributed by atoms with E-state index in [0.717, 1.165) is 0 Å². The van der Waals surface area contributed by atoms with Gasteiger partial charge < -0.3 is 29.6 Å². The van der Waals surface area contributed by atoms with Gasteiger partial charge in [0.15, 0.2) is 0 Å². The van der Waals surface area contributed by atoms with Gasteiger partial charge in [-0.3, -0.25) is 0 Å². The molecule has 0 amide bonds. The standard InChI is InChI=1S/C4H5N2O.C3H3N2O.CH3Cl.2Y/c1-6-4(7)2-3-5-6;6-3-1-2-4-5-3;1-2;;/h2,5H,1H3;1H,(H2,4,5,6);1H3;;/q2*-1;;;. The van der Waals surface area contributed by atoms with Crippen LogP contribution in [0.4, 0.5) is 0 Å². The molecule has 0 aliphatic heterocycles. The van der Waals surface area contributed by atoms with Crippen LogP contribution in [-0.2, 0) is 72.5 Å². The summed E-state index contributed by atoms with van der Waals surface area (Å²) in [7, 11) is 1.64. The van der Waals surface area contributed by atoms with Crippen molar-refractivity contribution >= 4 is 11.6 Å². The Morgan fingerprint density at radius 2 is 1.76 bits per heavy atom. The van der Waals surface area contributed by atoms with E-state index >= 15 is 0 Å². The number of aromatic amines is 3. The maximum Gasteiger partial charge on any atom is 0.106 e. The molecule has 0 bridgehead atoms. The largest absolute Gasteiger partial charge is 0.408 e. The molecule has 0 saturated carbocycles. The van der Waals surface area contributed by atoms with Crippen molar-refractivity contribution in [2.24, 2.45) is 7.05 Å². The topological polar surface area (TPSA) is 86.4 Å². The number of alkyl halides is 1. The summed E-state index contributed by atoms with van der Waals surface area (Å²) in [6, 6.07) is 2.64. The van der Waals surface area contributed by atoms with Crippen molar-refractivity contribution < 1.29 is 65.4 Å². The summed E-state index contributed by atoms with van der Waals surface area (Å²) in [6.07, 6.45) is 6.43. The number of hydrogen-bond acceptors (Lipinski definition) is 2. The van der Waals surface area contributed by atoms with Crippen LogP contribution >= 0.6 is 11.6 Å². The third-order valence-electron chi connectivity index (χ3n) is 1.22. The Bertz CT molecular complexity index is 445.